The quantitative estimate of drug-likeness (QED) is 0.105. The number of aromatic hydroxyl groups is 1. The van der Waals surface area contributed by atoms with E-state index >= 15 is 19.2 Å². The summed E-state index contributed by atoms with van der Waals surface area (Å²) in [5.74, 6) is 2.34. The van der Waals surface area contributed by atoms with Gasteiger partial charge >= 0.3 is 18.0 Å². The Kier molecular flexibility index (Phi) is 14.2. The zero-order chi connectivity index (χ0) is 52.4. The molecule has 75 heavy (non-hydrogen) atoms. The molecule has 4 aliphatic rings. The number of morpholine rings is 1. The van der Waals surface area contributed by atoms with Crippen LogP contribution in [-0.4, -0.2) is 119 Å². The maximum Gasteiger partial charge on any atom is 0.329 e. The zero-order valence-electron chi connectivity index (χ0n) is 42.2. The molecule has 6 aromatic rings. The fourth-order valence-corrected chi connectivity index (χ4v) is 11.4. The summed E-state index contributed by atoms with van der Waals surface area (Å²) in [6, 6.07) is 36.7. The molecule has 3 fully saturated rings. The Morgan fingerprint density at radius 2 is 1.45 bits per heavy atom. The molecule has 0 aliphatic carbocycles. The Morgan fingerprint density at radius 1 is 0.813 bits per heavy atom. The van der Waals surface area contributed by atoms with Crippen molar-refractivity contribution in [2.45, 2.75) is 56.1 Å². The molecule has 10 rings (SSSR count). The van der Waals surface area contributed by atoms with Gasteiger partial charge in [-0.1, -0.05) is 129 Å². The van der Waals surface area contributed by atoms with E-state index in [0.29, 0.717) is 48.8 Å². The number of fused-ring (bicyclic) bond motifs is 3. The maximum absolute atomic E-state index is 16.8. The Balaban J connectivity index is 1.21. The van der Waals surface area contributed by atoms with Gasteiger partial charge in [-0.15, -0.1) is 0 Å². The number of methoxy groups -OCH3 is 1. The third-order valence-corrected chi connectivity index (χ3v) is 14.8. The van der Waals surface area contributed by atoms with Crippen molar-refractivity contribution in [2.75, 3.05) is 56.7 Å². The van der Waals surface area contributed by atoms with E-state index in [1.54, 1.807) is 67.5 Å². The molecule has 1 aromatic heterocycles. The molecule has 0 saturated carbocycles. The third-order valence-electron chi connectivity index (χ3n) is 14.8. The van der Waals surface area contributed by atoms with Gasteiger partial charge in [0.2, 0.25) is 17.8 Å². The van der Waals surface area contributed by atoms with Crippen molar-refractivity contribution in [1.29, 1.82) is 0 Å². The lowest BCUT2D eigenvalue weighted by atomic mass is 9.64. The summed E-state index contributed by atoms with van der Waals surface area (Å²) in [4.78, 5) is 94.9. The van der Waals surface area contributed by atoms with Gasteiger partial charge in [-0.3, -0.25) is 24.2 Å². The van der Waals surface area contributed by atoms with Gasteiger partial charge in [0.25, 0.3) is 0 Å². The van der Waals surface area contributed by atoms with Crippen LogP contribution in [0.1, 0.15) is 65.4 Å². The van der Waals surface area contributed by atoms with Crippen molar-refractivity contribution >= 4 is 41.4 Å². The number of benzene rings is 5. The van der Waals surface area contributed by atoms with Crippen LogP contribution in [0, 0.1) is 23.7 Å². The largest absolute Gasteiger partial charge is 0.508 e. The van der Waals surface area contributed by atoms with Gasteiger partial charge in [-0.05, 0) is 77.2 Å². The van der Waals surface area contributed by atoms with Crippen molar-refractivity contribution in [2.24, 2.45) is 11.8 Å². The lowest BCUT2D eigenvalue weighted by Gasteiger charge is -2.46. The highest BCUT2D eigenvalue weighted by Crippen LogP contribution is 2.66. The summed E-state index contributed by atoms with van der Waals surface area (Å²) in [5, 5.41) is 13.7. The highest BCUT2D eigenvalue weighted by molar-refractivity contribution is 6.25. The Labute approximate surface area is 435 Å². The van der Waals surface area contributed by atoms with Crippen LogP contribution >= 0.6 is 0 Å². The molecule has 0 radical (unpaired) electrons. The van der Waals surface area contributed by atoms with Crippen molar-refractivity contribution in [3.63, 3.8) is 0 Å². The van der Waals surface area contributed by atoms with Gasteiger partial charge < -0.3 is 29.7 Å². The number of carbonyl (C=O) groups is 5. The minimum atomic E-state index is -2.08. The van der Waals surface area contributed by atoms with Crippen LogP contribution in [0.15, 0.2) is 152 Å². The van der Waals surface area contributed by atoms with Crippen molar-refractivity contribution < 1.29 is 38.6 Å². The molecule has 4 amide bonds. The van der Waals surface area contributed by atoms with Crippen molar-refractivity contribution in [3.05, 3.63) is 185 Å². The monoisotopic (exact) mass is 1010 g/mol. The van der Waals surface area contributed by atoms with Crippen LogP contribution in [0.3, 0.4) is 0 Å². The smallest absolute Gasteiger partial charge is 0.329 e. The molecule has 382 valence electrons. The SMILES string of the molecule is COC(=O)[C@@H](NC(=O)N1C(=O)[C@@]2(c3cc(C#CCN(C)Cc4ccccc4)ccc31)[C@H](C(=O)N1CCN(c3ncccn3)CC1)[C@H]1C(=O)O[C@H](c3ccccc3)[C@H](c3ccccc3)N1[C@@H]2c1ccc(O)cc1)C(C)C. The van der Waals surface area contributed by atoms with Crippen LogP contribution in [0.5, 0.6) is 5.75 Å². The molecule has 5 aromatic carbocycles. The molecule has 0 bridgehead atoms. The predicted octanol–water partition coefficient (Wildman–Crippen LogP) is 6.59. The minimum Gasteiger partial charge on any atom is -0.508 e. The van der Waals surface area contributed by atoms with E-state index in [1.165, 1.54) is 19.2 Å². The van der Waals surface area contributed by atoms with Gasteiger partial charge in [0, 0.05) is 50.7 Å². The highest BCUT2D eigenvalue weighted by Gasteiger charge is 2.76. The van der Waals surface area contributed by atoms with E-state index in [1.807, 2.05) is 108 Å². The number of amides is 4. The second kappa shape index (κ2) is 21.2. The highest BCUT2D eigenvalue weighted by atomic mass is 16.6. The minimum absolute atomic E-state index is 0.0495. The number of aromatic nitrogens is 2. The Hall–Kier alpha value is -8.39. The first-order chi connectivity index (χ1) is 36.4. The summed E-state index contributed by atoms with van der Waals surface area (Å²) in [6.07, 6.45) is 2.37. The summed E-state index contributed by atoms with van der Waals surface area (Å²) < 4.78 is 11.8. The number of carbonyl (C=O) groups excluding carboxylic acids is 5. The van der Waals surface area contributed by atoms with E-state index in [4.69, 9.17) is 9.47 Å². The number of rotatable bonds is 11. The first kappa shape index (κ1) is 50.2. The molecule has 1 spiro atoms. The fourth-order valence-electron chi connectivity index (χ4n) is 11.4. The summed E-state index contributed by atoms with van der Waals surface area (Å²) in [6.45, 7) is 5.59. The average molecular weight is 1010 g/mol. The first-order valence-corrected chi connectivity index (χ1v) is 25.2. The first-order valence-electron chi connectivity index (χ1n) is 25.2. The van der Waals surface area contributed by atoms with E-state index < -0.39 is 77.3 Å². The molecular formula is C59H58N8O8. The number of hydrogen-bond donors (Lipinski definition) is 2. The normalized spacial score (nSPS) is 22.5. The number of nitrogens with zero attached hydrogens (tertiary/aromatic N) is 7. The number of hydrogen-bond acceptors (Lipinski definition) is 13. The van der Waals surface area contributed by atoms with Crippen molar-refractivity contribution in [1.82, 2.24) is 30.0 Å². The lowest BCUT2D eigenvalue weighted by Crippen LogP contribution is -2.60. The molecule has 16 nitrogen and oxygen atoms in total. The number of phenolic OH excluding ortho intramolecular Hbond substituents is 1. The summed E-state index contributed by atoms with van der Waals surface area (Å²) >= 11 is 0. The second-order valence-electron chi connectivity index (χ2n) is 19.7. The van der Waals surface area contributed by atoms with Crippen LogP contribution in [-0.2, 0) is 40.6 Å². The topological polar surface area (TPSA) is 178 Å². The summed E-state index contributed by atoms with van der Waals surface area (Å²) in [7, 11) is 3.19. The number of anilines is 2. The summed E-state index contributed by atoms with van der Waals surface area (Å²) in [5.41, 5.74) is 1.87. The van der Waals surface area contributed by atoms with Gasteiger partial charge in [-0.2, -0.15) is 0 Å². The van der Waals surface area contributed by atoms with E-state index in [9.17, 15) is 9.90 Å². The Bertz CT molecular complexity index is 3130. The number of ether oxygens (including phenoxy) is 2. The van der Waals surface area contributed by atoms with Crippen LogP contribution in [0.2, 0.25) is 0 Å². The molecule has 0 unspecified atom stereocenters. The molecule has 16 heteroatoms. The standard InChI is InChI=1S/C59H58N8O8/c1-38(2)48(54(70)74-4)62-58(73)66-46-28-23-39(18-14-31-63(3)37-40-16-8-5-9-17-40)36-45(46)59(56(66)72)47(53(69)64-32-34-65(35-33-64)57-60-29-15-30-61-57)50-55(71)75-51(42-21-12-7-13-22-42)49(41-19-10-6-11-20-41)67(50)52(59)43-24-26-44(68)27-25-43/h5-13,15-17,19-30,36,38,47-52,68H,31-35,37H2,1-4H3,(H,62,73)/t47-,48-,49-,50-,51+,52+,59-/m0/s1. The number of esters is 2. The fraction of sp³-hybridized carbons (Fsp3) is 0.305. The number of cyclic esters (lactones) is 1. The molecule has 4 aliphatic heterocycles. The number of piperazine rings is 1. The lowest BCUT2D eigenvalue weighted by molar-refractivity contribution is -0.179. The van der Waals surface area contributed by atoms with E-state index in [0.717, 1.165) is 16.0 Å². The maximum atomic E-state index is 16.8. The van der Waals surface area contributed by atoms with Gasteiger partial charge in [0.1, 0.15) is 29.4 Å². The zero-order valence-corrected chi connectivity index (χ0v) is 42.2. The van der Waals surface area contributed by atoms with Crippen LogP contribution in [0.4, 0.5) is 16.4 Å². The molecule has 2 N–H and O–H groups in total. The third kappa shape index (κ3) is 9.34. The Morgan fingerprint density at radius 3 is 2.09 bits per heavy atom. The molecule has 3 saturated heterocycles. The molecule has 5 heterocycles. The molecule has 7 atom stereocenters. The van der Waals surface area contributed by atoms with Gasteiger partial charge in [-0.25, -0.2) is 24.5 Å². The molecular weight excluding hydrogens is 949 g/mol. The van der Waals surface area contributed by atoms with Crippen molar-refractivity contribution in [3.8, 4) is 17.6 Å². The van der Waals surface area contributed by atoms with E-state index in [-0.39, 0.29) is 30.1 Å². The predicted molar refractivity (Wildman–Crippen MR) is 280 cm³/mol. The average Bonchev–Trinajstić information content (AvgIpc) is 4.03. The van der Waals surface area contributed by atoms with Gasteiger partial charge in [0.15, 0.2) is 0 Å². The number of urea groups is 1. The number of imide groups is 1. The van der Waals surface area contributed by atoms with Crippen LogP contribution in [0.25, 0.3) is 0 Å². The van der Waals surface area contributed by atoms with Gasteiger partial charge in [0.05, 0.1) is 37.3 Å². The number of phenols is 1. The van der Waals surface area contributed by atoms with E-state index in [2.05, 4.69) is 32.0 Å². The number of nitrogens with one attached hydrogen (secondary N) is 1. The van der Waals surface area contributed by atoms with Crippen LogP contribution < -0.4 is 15.1 Å². The second-order valence-corrected chi connectivity index (χ2v) is 19.7.